The monoisotopic (exact) mass is 228 g/mol. The lowest BCUT2D eigenvalue weighted by Crippen LogP contribution is -2.11. The number of ketones is 1. The van der Waals surface area contributed by atoms with Crippen molar-refractivity contribution in [1.82, 2.24) is 0 Å². The van der Waals surface area contributed by atoms with E-state index >= 15 is 0 Å². The quantitative estimate of drug-likeness (QED) is 0.452. The normalized spacial score (nSPS) is 9.73. The van der Waals surface area contributed by atoms with Crippen LogP contribution in [0.1, 0.15) is 23.7 Å². The minimum Gasteiger partial charge on any atom is -0.466 e. The second-order valence-electron chi connectivity index (χ2n) is 2.91. The third kappa shape index (κ3) is 3.72. The molecule has 0 aromatic heterocycles. The molecule has 0 atom stereocenters. The summed E-state index contributed by atoms with van der Waals surface area (Å²) in [7, 11) is 0. The summed E-state index contributed by atoms with van der Waals surface area (Å²) in [5.74, 6) is -0.762. The highest BCUT2D eigenvalue weighted by Crippen LogP contribution is 2.11. The number of esters is 1. The fourth-order valence-electron chi connectivity index (χ4n) is 1.08. The lowest BCUT2D eigenvalue weighted by atomic mass is 10.3. The first-order chi connectivity index (χ1) is 7.13. The molecule has 15 heavy (non-hydrogen) atoms. The Kier molecular flexibility index (Phi) is 4.31. The van der Waals surface area contributed by atoms with Crippen LogP contribution in [0.2, 0.25) is 5.02 Å². The standard InChI is InChI=1S/C11H11ClO3/c1-2-15-11(14)7-10(13)8-3-5-9(12)6-4-8/h3-6H,2,7H2,1H3/i10+2. The first-order valence-corrected chi connectivity index (χ1v) is 4.95. The Labute approximate surface area is 93.0 Å². The number of hydrogen-bond donors (Lipinski definition) is 0. The van der Waals surface area contributed by atoms with Crippen LogP contribution in [-0.4, -0.2) is 18.4 Å². The van der Waals surface area contributed by atoms with Crippen LogP contribution < -0.4 is 0 Å². The van der Waals surface area contributed by atoms with Gasteiger partial charge in [-0.05, 0) is 31.2 Å². The van der Waals surface area contributed by atoms with E-state index in [0.717, 1.165) is 0 Å². The summed E-state index contributed by atoms with van der Waals surface area (Å²) in [6, 6.07) is 6.40. The number of rotatable bonds is 4. The average Bonchev–Trinajstić information content (AvgIpc) is 2.18. The van der Waals surface area contributed by atoms with Gasteiger partial charge >= 0.3 is 5.97 Å². The van der Waals surface area contributed by atoms with Crippen molar-refractivity contribution in [1.29, 1.82) is 0 Å². The van der Waals surface area contributed by atoms with Gasteiger partial charge in [0.15, 0.2) is 5.78 Å². The summed E-state index contributed by atoms with van der Waals surface area (Å²) in [6.07, 6.45) is -0.227. The van der Waals surface area contributed by atoms with Crippen molar-refractivity contribution >= 4 is 23.4 Å². The number of hydrogen-bond acceptors (Lipinski definition) is 3. The first-order valence-electron chi connectivity index (χ1n) is 4.58. The number of Topliss-reactive ketones (excluding diaryl/α,β-unsaturated/α-hetero) is 1. The summed E-state index contributed by atoms with van der Waals surface area (Å²) in [5, 5.41) is 0.558. The number of carbonyl (C=O) groups excluding carboxylic acids is 2. The van der Waals surface area contributed by atoms with Crippen LogP contribution in [0.4, 0.5) is 0 Å². The maximum absolute atomic E-state index is 11.5. The molecule has 0 amide bonds. The van der Waals surface area contributed by atoms with Crippen LogP contribution in [0.3, 0.4) is 0 Å². The topological polar surface area (TPSA) is 43.4 Å². The van der Waals surface area contributed by atoms with Crippen LogP contribution in [0.25, 0.3) is 0 Å². The zero-order chi connectivity index (χ0) is 11.3. The SMILES string of the molecule is CCOC(=O)C[14C](=O)c1ccc(Cl)cc1. The molecule has 0 saturated carbocycles. The van der Waals surface area contributed by atoms with Gasteiger partial charge in [0.1, 0.15) is 6.42 Å². The molecule has 0 saturated heterocycles. The highest BCUT2D eigenvalue weighted by molar-refractivity contribution is 6.30. The van der Waals surface area contributed by atoms with Crippen LogP contribution in [-0.2, 0) is 9.53 Å². The molecular formula is C11H11ClO3. The summed E-state index contributed by atoms with van der Waals surface area (Å²) in [4.78, 5) is 22.5. The highest BCUT2D eigenvalue weighted by Gasteiger charge is 2.11. The van der Waals surface area contributed by atoms with Gasteiger partial charge in [-0.25, -0.2) is 0 Å². The van der Waals surface area contributed by atoms with Crippen LogP contribution in [0.5, 0.6) is 0 Å². The van der Waals surface area contributed by atoms with Crippen LogP contribution in [0, 0.1) is 0 Å². The third-order valence-electron chi connectivity index (χ3n) is 1.78. The van der Waals surface area contributed by atoms with E-state index in [1.165, 1.54) is 0 Å². The van der Waals surface area contributed by atoms with E-state index in [2.05, 4.69) is 4.74 Å². The minimum absolute atomic E-state index is 0.227. The van der Waals surface area contributed by atoms with Crippen molar-refractivity contribution in [2.24, 2.45) is 0 Å². The summed E-state index contributed by atoms with van der Waals surface area (Å²) in [5.41, 5.74) is 0.465. The molecule has 3 nitrogen and oxygen atoms in total. The second-order valence-corrected chi connectivity index (χ2v) is 3.35. The molecule has 0 unspecified atom stereocenters. The molecule has 0 bridgehead atoms. The van der Waals surface area contributed by atoms with Crippen molar-refractivity contribution in [3.05, 3.63) is 34.9 Å². The molecule has 0 fully saturated rings. The molecule has 1 aromatic carbocycles. The van der Waals surface area contributed by atoms with E-state index in [1.54, 1.807) is 31.2 Å². The van der Waals surface area contributed by atoms with Gasteiger partial charge in [-0.2, -0.15) is 0 Å². The van der Waals surface area contributed by atoms with Crippen molar-refractivity contribution in [2.75, 3.05) is 6.61 Å². The molecular weight excluding hydrogens is 218 g/mol. The first kappa shape index (κ1) is 11.7. The third-order valence-corrected chi connectivity index (χ3v) is 2.03. The van der Waals surface area contributed by atoms with Crippen molar-refractivity contribution in [3.8, 4) is 0 Å². The number of carbonyl (C=O) groups is 2. The average molecular weight is 229 g/mol. The fraction of sp³-hybridized carbons (Fsp3) is 0.273. The Morgan fingerprint density at radius 2 is 2.00 bits per heavy atom. The van der Waals surface area contributed by atoms with Gasteiger partial charge in [-0.3, -0.25) is 9.59 Å². The second kappa shape index (κ2) is 5.51. The van der Waals surface area contributed by atoms with Crippen molar-refractivity contribution in [2.45, 2.75) is 13.3 Å². The Morgan fingerprint density at radius 3 is 2.53 bits per heavy atom. The lowest BCUT2D eigenvalue weighted by molar-refractivity contribution is -0.141. The Morgan fingerprint density at radius 1 is 1.40 bits per heavy atom. The maximum atomic E-state index is 11.5. The van der Waals surface area contributed by atoms with Crippen LogP contribution >= 0.6 is 11.6 Å². The van der Waals surface area contributed by atoms with E-state index in [4.69, 9.17) is 11.6 Å². The van der Waals surface area contributed by atoms with Crippen molar-refractivity contribution in [3.63, 3.8) is 0 Å². The Bertz CT molecular complexity index is 357. The predicted molar refractivity (Wildman–Crippen MR) is 57.0 cm³/mol. The van der Waals surface area contributed by atoms with E-state index in [1.807, 2.05) is 0 Å². The zero-order valence-corrected chi connectivity index (χ0v) is 9.08. The summed E-state index contributed by atoms with van der Waals surface area (Å²) < 4.78 is 4.67. The molecule has 0 aliphatic carbocycles. The van der Waals surface area contributed by atoms with Gasteiger partial charge in [0, 0.05) is 10.6 Å². The van der Waals surface area contributed by atoms with Gasteiger partial charge < -0.3 is 4.74 Å². The zero-order valence-electron chi connectivity index (χ0n) is 8.33. The largest absolute Gasteiger partial charge is 0.466 e. The van der Waals surface area contributed by atoms with Gasteiger partial charge in [-0.1, -0.05) is 11.6 Å². The van der Waals surface area contributed by atoms with E-state index in [-0.39, 0.29) is 18.8 Å². The van der Waals surface area contributed by atoms with E-state index in [0.29, 0.717) is 10.6 Å². The van der Waals surface area contributed by atoms with Gasteiger partial charge in [-0.15, -0.1) is 0 Å². The van der Waals surface area contributed by atoms with Crippen molar-refractivity contribution < 1.29 is 14.3 Å². The predicted octanol–water partition coefficient (Wildman–Crippen LogP) is 2.48. The molecule has 0 heterocycles. The molecule has 80 valence electrons. The molecule has 0 spiro atoms. The highest BCUT2D eigenvalue weighted by atomic mass is 35.5. The van der Waals surface area contributed by atoms with E-state index in [9.17, 15) is 9.59 Å². The molecule has 0 aliphatic heterocycles. The molecule has 4 heteroatoms. The molecule has 0 aliphatic rings. The van der Waals surface area contributed by atoms with Gasteiger partial charge in [0.05, 0.1) is 6.61 Å². The molecule has 1 aromatic rings. The smallest absolute Gasteiger partial charge is 0.313 e. The van der Waals surface area contributed by atoms with E-state index < -0.39 is 5.97 Å². The van der Waals surface area contributed by atoms with Gasteiger partial charge in [0.25, 0.3) is 0 Å². The fourth-order valence-corrected chi connectivity index (χ4v) is 1.21. The summed E-state index contributed by atoms with van der Waals surface area (Å²) in [6.45, 7) is 1.98. The summed E-state index contributed by atoms with van der Waals surface area (Å²) >= 11 is 5.67. The molecule has 1 rings (SSSR count). The number of halogens is 1. The Hall–Kier alpha value is -1.35. The van der Waals surface area contributed by atoms with Crippen LogP contribution in [0.15, 0.2) is 24.3 Å². The minimum atomic E-state index is -0.502. The Balaban J connectivity index is 2.61. The number of ether oxygens (including phenoxy) is 1. The van der Waals surface area contributed by atoms with Gasteiger partial charge in [0.2, 0.25) is 0 Å². The lowest BCUT2D eigenvalue weighted by Gasteiger charge is -2.01. The number of benzene rings is 1. The molecule has 0 N–H and O–H groups in total. The molecule has 0 radical (unpaired) electrons. The maximum Gasteiger partial charge on any atom is 0.313 e.